The molecule has 0 saturated heterocycles. The Morgan fingerprint density at radius 1 is 1.57 bits per heavy atom. The SMILES string of the molecule is CC(=O)Nc1ccc2c(c1)CNC2=N. The first-order valence-corrected chi connectivity index (χ1v) is 4.40. The van der Waals surface area contributed by atoms with Crippen molar-refractivity contribution in [1.29, 1.82) is 5.41 Å². The van der Waals surface area contributed by atoms with Crippen molar-refractivity contribution >= 4 is 17.4 Å². The van der Waals surface area contributed by atoms with E-state index in [4.69, 9.17) is 5.41 Å². The van der Waals surface area contributed by atoms with E-state index >= 15 is 0 Å². The highest BCUT2D eigenvalue weighted by molar-refractivity contribution is 6.01. The van der Waals surface area contributed by atoms with Crippen LogP contribution in [0.2, 0.25) is 0 Å². The van der Waals surface area contributed by atoms with E-state index in [1.807, 2.05) is 18.2 Å². The maximum absolute atomic E-state index is 10.8. The first-order valence-electron chi connectivity index (χ1n) is 4.40. The van der Waals surface area contributed by atoms with Gasteiger partial charge in [0.2, 0.25) is 5.91 Å². The molecule has 72 valence electrons. The summed E-state index contributed by atoms with van der Waals surface area (Å²) in [6.45, 7) is 2.15. The maximum atomic E-state index is 10.8. The van der Waals surface area contributed by atoms with Crippen LogP contribution in [0.4, 0.5) is 5.69 Å². The van der Waals surface area contributed by atoms with E-state index in [1.54, 1.807) is 0 Å². The van der Waals surface area contributed by atoms with E-state index in [2.05, 4.69) is 10.6 Å². The Bertz CT molecular complexity index is 412. The Labute approximate surface area is 81.8 Å². The van der Waals surface area contributed by atoms with Gasteiger partial charge in [-0.3, -0.25) is 10.2 Å². The van der Waals surface area contributed by atoms with E-state index in [9.17, 15) is 4.79 Å². The molecule has 0 aliphatic carbocycles. The minimum absolute atomic E-state index is 0.0778. The Hall–Kier alpha value is -1.84. The fourth-order valence-corrected chi connectivity index (χ4v) is 1.54. The Morgan fingerprint density at radius 3 is 3.07 bits per heavy atom. The summed E-state index contributed by atoms with van der Waals surface area (Å²) >= 11 is 0. The van der Waals surface area contributed by atoms with Crippen molar-refractivity contribution in [3.63, 3.8) is 0 Å². The van der Waals surface area contributed by atoms with Crippen LogP contribution in [0, 0.1) is 5.41 Å². The summed E-state index contributed by atoms with van der Waals surface area (Å²) in [6, 6.07) is 5.55. The second-order valence-corrected chi connectivity index (χ2v) is 3.28. The number of rotatable bonds is 1. The molecule has 4 heteroatoms. The zero-order chi connectivity index (χ0) is 10.1. The van der Waals surface area contributed by atoms with Crippen LogP contribution in [0.25, 0.3) is 0 Å². The molecule has 1 aliphatic rings. The van der Waals surface area contributed by atoms with Crippen LogP contribution >= 0.6 is 0 Å². The van der Waals surface area contributed by atoms with Gasteiger partial charge in [-0.05, 0) is 23.8 Å². The second-order valence-electron chi connectivity index (χ2n) is 3.28. The van der Waals surface area contributed by atoms with Crippen LogP contribution in [0.1, 0.15) is 18.1 Å². The summed E-state index contributed by atoms with van der Waals surface area (Å²) in [5.74, 6) is 0.375. The molecule has 0 bridgehead atoms. The molecule has 0 unspecified atom stereocenters. The number of nitrogens with one attached hydrogen (secondary N) is 3. The molecular weight excluding hydrogens is 178 g/mol. The number of benzene rings is 1. The predicted octanol–water partition coefficient (Wildman–Crippen LogP) is 1.07. The van der Waals surface area contributed by atoms with Gasteiger partial charge in [0, 0.05) is 24.7 Å². The lowest BCUT2D eigenvalue weighted by atomic mass is 10.1. The number of hydrogen-bond acceptors (Lipinski definition) is 2. The number of amidine groups is 1. The van der Waals surface area contributed by atoms with Gasteiger partial charge in [0.1, 0.15) is 5.84 Å². The number of carbonyl (C=O) groups excluding carboxylic acids is 1. The van der Waals surface area contributed by atoms with Crippen molar-refractivity contribution in [3.05, 3.63) is 29.3 Å². The fraction of sp³-hybridized carbons (Fsp3) is 0.200. The smallest absolute Gasteiger partial charge is 0.221 e. The molecule has 1 aromatic rings. The van der Waals surface area contributed by atoms with Crippen molar-refractivity contribution in [1.82, 2.24) is 5.32 Å². The molecule has 1 heterocycles. The zero-order valence-corrected chi connectivity index (χ0v) is 7.85. The van der Waals surface area contributed by atoms with Gasteiger partial charge in [-0.2, -0.15) is 0 Å². The monoisotopic (exact) mass is 189 g/mol. The summed E-state index contributed by atoms with van der Waals surface area (Å²) in [7, 11) is 0. The third kappa shape index (κ3) is 1.46. The van der Waals surface area contributed by atoms with Crippen molar-refractivity contribution in [2.75, 3.05) is 5.32 Å². The highest BCUT2D eigenvalue weighted by Gasteiger charge is 2.15. The lowest BCUT2D eigenvalue weighted by Gasteiger charge is -2.03. The number of hydrogen-bond donors (Lipinski definition) is 3. The predicted molar refractivity (Wildman–Crippen MR) is 54.4 cm³/mol. The van der Waals surface area contributed by atoms with Gasteiger partial charge in [0.25, 0.3) is 0 Å². The first kappa shape index (κ1) is 8.74. The van der Waals surface area contributed by atoms with E-state index in [0.717, 1.165) is 16.8 Å². The normalized spacial score (nSPS) is 13.4. The molecule has 1 aromatic carbocycles. The molecule has 4 nitrogen and oxygen atoms in total. The standard InChI is InChI=1S/C10H11N3O/c1-6(14)13-8-2-3-9-7(4-8)5-12-10(9)11/h2-4H,5H2,1H3,(H2,11,12)(H,13,14). The van der Waals surface area contributed by atoms with Crippen molar-refractivity contribution in [2.45, 2.75) is 13.5 Å². The summed E-state index contributed by atoms with van der Waals surface area (Å²) in [5, 5.41) is 13.2. The van der Waals surface area contributed by atoms with Crippen LogP contribution in [-0.4, -0.2) is 11.7 Å². The van der Waals surface area contributed by atoms with E-state index in [1.165, 1.54) is 6.92 Å². The summed E-state index contributed by atoms with van der Waals surface area (Å²) in [5.41, 5.74) is 2.76. The average molecular weight is 189 g/mol. The quantitative estimate of drug-likeness (QED) is 0.618. The molecule has 0 fully saturated rings. The fourth-order valence-electron chi connectivity index (χ4n) is 1.54. The van der Waals surface area contributed by atoms with Gasteiger partial charge in [-0.25, -0.2) is 0 Å². The van der Waals surface area contributed by atoms with Crippen molar-refractivity contribution in [2.24, 2.45) is 0 Å². The summed E-state index contributed by atoms with van der Waals surface area (Å²) in [4.78, 5) is 10.8. The number of carbonyl (C=O) groups is 1. The molecule has 3 N–H and O–H groups in total. The molecule has 0 radical (unpaired) electrons. The molecule has 0 atom stereocenters. The van der Waals surface area contributed by atoms with Crippen LogP contribution in [-0.2, 0) is 11.3 Å². The Balaban J connectivity index is 2.32. The Morgan fingerprint density at radius 2 is 2.36 bits per heavy atom. The largest absolute Gasteiger partial charge is 0.366 e. The third-order valence-electron chi connectivity index (χ3n) is 2.15. The van der Waals surface area contributed by atoms with Gasteiger partial charge >= 0.3 is 0 Å². The molecule has 14 heavy (non-hydrogen) atoms. The zero-order valence-electron chi connectivity index (χ0n) is 7.85. The van der Waals surface area contributed by atoms with E-state index < -0.39 is 0 Å². The topological polar surface area (TPSA) is 65.0 Å². The van der Waals surface area contributed by atoms with Crippen molar-refractivity contribution < 1.29 is 4.79 Å². The van der Waals surface area contributed by atoms with Gasteiger partial charge in [-0.1, -0.05) is 0 Å². The lowest BCUT2D eigenvalue weighted by molar-refractivity contribution is -0.114. The van der Waals surface area contributed by atoms with Crippen LogP contribution in [0.5, 0.6) is 0 Å². The van der Waals surface area contributed by atoms with Crippen LogP contribution in [0.3, 0.4) is 0 Å². The molecule has 0 spiro atoms. The number of anilines is 1. The van der Waals surface area contributed by atoms with Gasteiger partial charge in [0.15, 0.2) is 0 Å². The Kier molecular flexibility index (Phi) is 1.96. The number of fused-ring (bicyclic) bond motifs is 1. The minimum atomic E-state index is -0.0778. The van der Waals surface area contributed by atoms with Crippen LogP contribution < -0.4 is 10.6 Å². The molecule has 1 amide bonds. The van der Waals surface area contributed by atoms with Crippen LogP contribution in [0.15, 0.2) is 18.2 Å². The molecular formula is C10H11N3O. The molecule has 2 rings (SSSR count). The van der Waals surface area contributed by atoms with E-state index in [0.29, 0.717) is 12.4 Å². The van der Waals surface area contributed by atoms with Gasteiger partial charge < -0.3 is 10.6 Å². The highest BCUT2D eigenvalue weighted by Crippen LogP contribution is 2.19. The third-order valence-corrected chi connectivity index (χ3v) is 2.15. The highest BCUT2D eigenvalue weighted by atomic mass is 16.1. The second kappa shape index (κ2) is 3.14. The number of amides is 1. The molecule has 1 aliphatic heterocycles. The van der Waals surface area contributed by atoms with Gasteiger partial charge in [-0.15, -0.1) is 0 Å². The molecule has 0 saturated carbocycles. The van der Waals surface area contributed by atoms with Crippen molar-refractivity contribution in [3.8, 4) is 0 Å². The van der Waals surface area contributed by atoms with E-state index in [-0.39, 0.29) is 5.91 Å². The lowest BCUT2D eigenvalue weighted by Crippen LogP contribution is -2.12. The average Bonchev–Trinajstić information content (AvgIpc) is 2.46. The maximum Gasteiger partial charge on any atom is 0.221 e. The molecule has 0 aromatic heterocycles. The summed E-state index contributed by atoms with van der Waals surface area (Å²) in [6.07, 6.45) is 0. The van der Waals surface area contributed by atoms with Gasteiger partial charge in [0.05, 0.1) is 0 Å². The summed E-state index contributed by atoms with van der Waals surface area (Å²) < 4.78 is 0. The first-order chi connectivity index (χ1) is 6.66. The minimum Gasteiger partial charge on any atom is -0.366 e.